The van der Waals surface area contributed by atoms with Gasteiger partial charge in [-0.15, -0.1) is 0 Å². The van der Waals surface area contributed by atoms with Gasteiger partial charge >= 0.3 is 0 Å². The van der Waals surface area contributed by atoms with E-state index in [4.69, 9.17) is 0 Å². The zero-order chi connectivity index (χ0) is 20.4. The lowest BCUT2D eigenvalue weighted by atomic mass is 9.93. The number of hydrogen-bond acceptors (Lipinski definition) is 3. The Labute approximate surface area is 174 Å². The van der Waals surface area contributed by atoms with Gasteiger partial charge < -0.3 is 10.2 Å². The van der Waals surface area contributed by atoms with Crippen LogP contribution in [0.25, 0.3) is 0 Å². The van der Waals surface area contributed by atoms with Crippen molar-refractivity contribution in [1.82, 2.24) is 15.1 Å². The van der Waals surface area contributed by atoms with Crippen LogP contribution in [-0.4, -0.2) is 53.8 Å². The molecule has 0 spiro atoms. The van der Waals surface area contributed by atoms with E-state index in [9.17, 15) is 9.59 Å². The molecule has 3 aliphatic rings. The molecule has 1 aromatic carbocycles. The van der Waals surface area contributed by atoms with Crippen molar-refractivity contribution in [2.45, 2.75) is 65.0 Å². The van der Waals surface area contributed by atoms with Gasteiger partial charge in [0.15, 0.2) is 0 Å². The smallest absolute Gasteiger partial charge is 0.225 e. The molecule has 158 valence electrons. The summed E-state index contributed by atoms with van der Waals surface area (Å²) in [6, 6.07) is 6.93. The Balaban J connectivity index is 1.26. The minimum absolute atomic E-state index is 0.0833. The summed E-state index contributed by atoms with van der Waals surface area (Å²) < 4.78 is 0. The van der Waals surface area contributed by atoms with Crippen LogP contribution in [0.15, 0.2) is 18.2 Å². The van der Waals surface area contributed by atoms with E-state index in [-0.39, 0.29) is 11.8 Å². The van der Waals surface area contributed by atoms with Crippen LogP contribution in [0.4, 0.5) is 0 Å². The van der Waals surface area contributed by atoms with Crippen molar-refractivity contribution >= 4 is 11.8 Å². The lowest BCUT2D eigenvalue weighted by Gasteiger charge is -2.42. The van der Waals surface area contributed by atoms with Gasteiger partial charge in [0.1, 0.15) is 0 Å². The van der Waals surface area contributed by atoms with Crippen LogP contribution < -0.4 is 5.32 Å². The van der Waals surface area contributed by atoms with E-state index >= 15 is 0 Å². The molecule has 1 aromatic rings. The third kappa shape index (κ3) is 5.00. The van der Waals surface area contributed by atoms with Crippen LogP contribution in [0.2, 0.25) is 0 Å². The molecule has 1 N–H and O–H groups in total. The molecule has 1 unspecified atom stereocenters. The number of nitrogens with one attached hydrogen (secondary N) is 1. The molecule has 2 aliphatic heterocycles. The minimum atomic E-state index is 0.0833. The second kappa shape index (κ2) is 8.86. The normalized spacial score (nSPS) is 23.8. The van der Waals surface area contributed by atoms with E-state index in [0.717, 1.165) is 64.7 Å². The van der Waals surface area contributed by atoms with Crippen molar-refractivity contribution in [2.24, 2.45) is 11.8 Å². The van der Waals surface area contributed by atoms with E-state index in [2.05, 4.69) is 47.2 Å². The number of carbonyl (C=O) groups is 2. The van der Waals surface area contributed by atoms with E-state index in [1.807, 2.05) is 0 Å². The Morgan fingerprint density at radius 1 is 1.00 bits per heavy atom. The molecule has 0 radical (unpaired) electrons. The number of amides is 2. The van der Waals surface area contributed by atoms with Gasteiger partial charge in [-0.05, 0) is 70.0 Å². The van der Waals surface area contributed by atoms with Gasteiger partial charge in [-0.3, -0.25) is 14.5 Å². The molecule has 1 saturated carbocycles. The summed E-state index contributed by atoms with van der Waals surface area (Å²) in [5.41, 5.74) is 3.67. The van der Waals surface area contributed by atoms with Gasteiger partial charge in [-0.25, -0.2) is 0 Å². The Morgan fingerprint density at radius 3 is 2.48 bits per heavy atom. The highest BCUT2D eigenvalue weighted by atomic mass is 16.2. The molecule has 0 bridgehead atoms. The predicted octanol–water partition coefficient (Wildman–Crippen LogP) is 3.03. The van der Waals surface area contributed by atoms with Crippen LogP contribution in [-0.2, 0) is 16.1 Å². The molecule has 1 atom stereocenters. The van der Waals surface area contributed by atoms with E-state index in [1.165, 1.54) is 16.7 Å². The summed E-state index contributed by atoms with van der Waals surface area (Å²) in [5, 5.41) is 3.18. The molecule has 2 saturated heterocycles. The summed E-state index contributed by atoms with van der Waals surface area (Å²) in [4.78, 5) is 29.7. The number of rotatable bonds is 5. The lowest BCUT2D eigenvalue weighted by Crippen LogP contribution is -2.51. The fraction of sp³-hybridized carbons (Fsp3) is 0.667. The number of likely N-dealkylation sites (tertiary alicyclic amines) is 2. The molecule has 2 amide bonds. The monoisotopic (exact) mass is 397 g/mol. The van der Waals surface area contributed by atoms with Gasteiger partial charge in [0.05, 0.1) is 5.92 Å². The number of carbonyl (C=O) groups excluding carboxylic acids is 2. The van der Waals surface area contributed by atoms with Gasteiger partial charge in [0, 0.05) is 38.1 Å². The number of nitrogens with zero attached hydrogens (tertiary/aromatic N) is 2. The molecule has 0 aromatic heterocycles. The van der Waals surface area contributed by atoms with Crippen molar-refractivity contribution in [1.29, 1.82) is 0 Å². The summed E-state index contributed by atoms with van der Waals surface area (Å²) in [5.74, 6) is 0.981. The molecular formula is C24H35N3O2. The molecule has 5 heteroatoms. The molecule has 2 heterocycles. The third-order valence-corrected chi connectivity index (χ3v) is 7.00. The first kappa shape index (κ1) is 20.4. The average Bonchev–Trinajstić information content (AvgIpc) is 3.59. The van der Waals surface area contributed by atoms with Crippen LogP contribution in [0.5, 0.6) is 0 Å². The fourth-order valence-corrected chi connectivity index (χ4v) is 4.91. The van der Waals surface area contributed by atoms with E-state index in [0.29, 0.717) is 24.4 Å². The summed E-state index contributed by atoms with van der Waals surface area (Å²) >= 11 is 0. The number of benzene rings is 1. The maximum Gasteiger partial charge on any atom is 0.225 e. The summed E-state index contributed by atoms with van der Waals surface area (Å²) in [6.07, 6.45) is 6.34. The topological polar surface area (TPSA) is 52.7 Å². The van der Waals surface area contributed by atoms with Gasteiger partial charge in [-0.1, -0.05) is 23.8 Å². The maximum atomic E-state index is 12.8. The molecule has 4 rings (SSSR count). The van der Waals surface area contributed by atoms with Gasteiger partial charge in [-0.2, -0.15) is 0 Å². The summed E-state index contributed by atoms with van der Waals surface area (Å²) in [6.45, 7) is 8.53. The molecular weight excluding hydrogens is 362 g/mol. The number of aryl methyl sites for hydroxylation is 2. The van der Waals surface area contributed by atoms with Crippen LogP contribution in [0.1, 0.15) is 55.2 Å². The maximum absolute atomic E-state index is 12.8. The minimum Gasteiger partial charge on any atom is -0.352 e. The molecule has 5 nitrogen and oxygen atoms in total. The lowest BCUT2D eigenvalue weighted by molar-refractivity contribution is -0.134. The quantitative estimate of drug-likeness (QED) is 0.831. The molecule has 3 fully saturated rings. The first-order valence-electron chi connectivity index (χ1n) is 11.4. The zero-order valence-electron chi connectivity index (χ0n) is 18.0. The predicted molar refractivity (Wildman–Crippen MR) is 114 cm³/mol. The second-order valence-corrected chi connectivity index (χ2v) is 9.31. The number of hydrogen-bond donors (Lipinski definition) is 1. The molecule has 29 heavy (non-hydrogen) atoms. The fourth-order valence-electron chi connectivity index (χ4n) is 4.91. The highest BCUT2D eigenvalue weighted by Gasteiger charge is 2.37. The van der Waals surface area contributed by atoms with Crippen molar-refractivity contribution in [3.63, 3.8) is 0 Å². The van der Waals surface area contributed by atoms with Crippen molar-refractivity contribution in [3.05, 3.63) is 34.9 Å². The van der Waals surface area contributed by atoms with E-state index in [1.54, 1.807) is 0 Å². The average molecular weight is 398 g/mol. The van der Waals surface area contributed by atoms with Crippen molar-refractivity contribution in [3.8, 4) is 0 Å². The summed E-state index contributed by atoms with van der Waals surface area (Å²) in [7, 11) is 0. The Bertz CT molecular complexity index is 750. The molecule has 1 aliphatic carbocycles. The van der Waals surface area contributed by atoms with Crippen molar-refractivity contribution in [2.75, 3.05) is 26.2 Å². The second-order valence-electron chi connectivity index (χ2n) is 9.31. The largest absolute Gasteiger partial charge is 0.352 e. The number of piperidine rings is 2. The Hall–Kier alpha value is -1.88. The van der Waals surface area contributed by atoms with Gasteiger partial charge in [0.25, 0.3) is 0 Å². The highest BCUT2D eigenvalue weighted by molar-refractivity contribution is 5.81. The van der Waals surface area contributed by atoms with E-state index < -0.39 is 0 Å². The highest BCUT2D eigenvalue weighted by Crippen LogP contribution is 2.32. The van der Waals surface area contributed by atoms with Crippen molar-refractivity contribution < 1.29 is 9.59 Å². The first-order chi connectivity index (χ1) is 14.0. The van der Waals surface area contributed by atoms with Crippen LogP contribution in [0.3, 0.4) is 0 Å². The third-order valence-electron chi connectivity index (χ3n) is 7.00. The van der Waals surface area contributed by atoms with Crippen LogP contribution in [0, 0.1) is 25.7 Å². The standard InChI is InChI=1S/C24H35N3O2/c1-17-5-6-18(2)21(14-17)15-25-23(28)20-4-3-11-27(16-20)22-9-12-26(13-10-22)24(29)19-7-8-19/h5-6,14,19-20,22H,3-4,7-13,15-16H2,1-2H3,(H,25,28). The first-order valence-corrected chi connectivity index (χ1v) is 11.4. The SMILES string of the molecule is Cc1ccc(C)c(CNC(=O)C2CCCN(C3CCN(C(=O)C4CC4)CC3)C2)c1. The Morgan fingerprint density at radius 2 is 1.76 bits per heavy atom. The zero-order valence-corrected chi connectivity index (χ0v) is 18.0. The van der Waals surface area contributed by atoms with Gasteiger partial charge in [0.2, 0.25) is 11.8 Å². The van der Waals surface area contributed by atoms with Crippen LogP contribution >= 0.6 is 0 Å². The Kier molecular flexibility index (Phi) is 6.23.